The molecule has 1 aliphatic carbocycles. The molecule has 1 saturated carbocycles. The summed E-state index contributed by atoms with van der Waals surface area (Å²) in [4.78, 5) is 11.9. The number of anilines is 1. The third-order valence-electron chi connectivity index (χ3n) is 4.47. The summed E-state index contributed by atoms with van der Waals surface area (Å²) in [5.74, 6) is 0.603. The molecule has 0 aliphatic heterocycles. The van der Waals surface area contributed by atoms with Crippen LogP contribution in [-0.4, -0.2) is 23.9 Å². The summed E-state index contributed by atoms with van der Waals surface area (Å²) in [7, 11) is 1.56. The topological polar surface area (TPSA) is 67.7 Å². The van der Waals surface area contributed by atoms with E-state index < -0.39 is 6.03 Å². The molecule has 0 bridgehead atoms. The van der Waals surface area contributed by atoms with E-state index in [2.05, 4.69) is 32.8 Å². The van der Waals surface area contributed by atoms with E-state index in [1.165, 1.54) is 32.1 Å². The number of ether oxygens (including phenoxy) is 1. The Kier molecular flexibility index (Phi) is 5.72. The van der Waals surface area contributed by atoms with E-state index in [0.29, 0.717) is 17.5 Å². The van der Waals surface area contributed by atoms with Gasteiger partial charge in [0.25, 0.3) is 0 Å². The van der Waals surface area contributed by atoms with Crippen LogP contribution in [0.25, 0.3) is 0 Å². The lowest BCUT2D eigenvalue weighted by Crippen LogP contribution is -2.24. The van der Waals surface area contributed by atoms with E-state index >= 15 is 0 Å². The number of aromatic nitrogens is 1. The highest BCUT2D eigenvalue weighted by Gasteiger charge is 2.14. The molecule has 0 saturated heterocycles. The van der Waals surface area contributed by atoms with Crippen LogP contribution in [0.5, 0.6) is 5.75 Å². The fraction of sp³-hybridized carbons (Fsp3) is 0.368. The lowest BCUT2D eigenvalue weighted by Gasteiger charge is -2.23. The number of hydrogen-bond acceptors (Lipinski definition) is 3. The SMILES string of the molecule is COc1ccccc1NC(=O)N/N=C/c1ccn(C2CCCCC2)c1. The Morgan fingerprint density at radius 1 is 1.24 bits per heavy atom. The third kappa shape index (κ3) is 4.62. The molecule has 1 heterocycles. The van der Waals surface area contributed by atoms with Gasteiger partial charge in [0.2, 0.25) is 0 Å². The normalized spacial score (nSPS) is 15.2. The Morgan fingerprint density at radius 3 is 2.84 bits per heavy atom. The van der Waals surface area contributed by atoms with Gasteiger partial charge < -0.3 is 14.6 Å². The number of hydrazone groups is 1. The molecule has 2 amide bonds. The third-order valence-corrected chi connectivity index (χ3v) is 4.47. The van der Waals surface area contributed by atoms with Crippen LogP contribution in [0.3, 0.4) is 0 Å². The molecule has 0 unspecified atom stereocenters. The number of hydrogen-bond donors (Lipinski definition) is 2. The molecule has 1 aliphatic rings. The van der Waals surface area contributed by atoms with Crippen molar-refractivity contribution in [2.24, 2.45) is 5.10 Å². The van der Waals surface area contributed by atoms with Gasteiger partial charge in [-0.2, -0.15) is 5.10 Å². The maximum atomic E-state index is 11.9. The zero-order chi connectivity index (χ0) is 17.5. The number of methoxy groups -OCH3 is 1. The van der Waals surface area contributed by atoms with Crippen LogP contribution < -0.4 is 15.5 Å². The van der Waals surface area contributed by atoms with Gasteiger partial charge in [0, 0.05) is 24.0 Å². The lowest BCUT2D eigenvalue weighted by molar-refractivity contribution is 0.252. The highest BCUT2D eigenvalue weighted by molar-refractivity contribution is 5.91. The molecule has 6 nitrogen and oxygen atoms in total. The van der Waals surface area contributed by atoms with Crippen molar-refractivity contribution in [3.05, 3.63) is 48.3 Å². The average Bonchev–Trinajstić information content (AvgIpc) is 3.12. The molecule has 1 fully saturated rings. The minimum absolute atomic E-state index is 0.410. The average molecular weight is 340 g/mol. The maximum absolute atomic E-state index is 11.9. The second kappa shape index (κ2) is 8.37. The van der Waals surface area contributed by atoms with Gasteiger partial charge >= 0.3 is 6.03 Å². The van der Waals surface area contributed by atoms with E-state index in [0.717, 1.165) is 5.56 Å². The summed E-state index contributed by atoms with van der Waals surface area (Å²) in [5.41, 5.74) is 4.05. The van der Waals surface area contributed by atoms with Gasteiger partial charge in [0.05, 0.1) is 19.0 Å². The van der Waals surface area contributed by atoms with Gasteiger partial charge in [-0.05, 0) is 31.0 Å². The number of amides is 2. The molecule has 0 spiro atoms. The number of carbonyl (C=O) groups is 1. The van der Waals surface area contributed by atoms with Crippen molar-refractivity contribution in [1.82, 2.24) is 9.99 Å². The quantitative estimate of drug-likeness (QED) is 0.634. The molecule has 0 atom stereocenters. The number of urea groups is 1. The molecule has 2 N–H and O–H groups in total. The predicted molar refractivity (Wildman–Crippen MR) is 99.3 cm³/mol. The zero-order valence-electron chi connectivity index (χ0n) is 14.4. The van der Waals surface area contributed by atoms with Gasteiger partial charge in [0.1, 0.15) is 5.75 Å². The van der Waals surface area contributed by atoms with Crippen LogP contribution in [0.2, 0.25) is 0 Å². The Hall–Kier alpha value is -2.76. The molecule has 25 heavy (non-hydrogen) atoms. The number of carbonyl (C=O) groups excluding carboxylic acids is 1. The Morgan fingerprint density at radius 2 is 2.04 bits per heavy atom. The van der Waals surface area contributed by atoms with Crippen molar-refractivity contribution < 1.29 is 9.53 Å². The van der Waals surface area contributed by atoms with E-state index in [9.17, 15) is 4.79 Å². The smallest absolute Gasteiger partial charge is 0.339 e. The molecule has 0 radical (unpaired) electrons. The second-order valence-corrected chi connectivity index (χ2v) is 6.21. The van der Waals surface area contributed by atoms with Gasteiger partial charge in [-0.25, -0.2) is 10.2 Å². The van der Waals surface area contributed by atoms with E-state index in [1.807, 2.05) is 18.2 Å². The summed E-state index contributed by atoms with van der Waals surface area (Å²) in [5, 5.41) is 6.72. The first kappa shape index (κ1) is 17.1. The fourth-order valence-electron chi connectivity index (χ4n) is 3.18. The number of nitrogens with zero attached hydrogens (tertiary/aromatic N) is 2. The molecule has 6 heteroatoms. The molecule has 3 rings (SSSR count). The summed E-state index contributed by atoms with van der Waals surface area (Å²) >= 11 is 0. The van der Waals surface area contributed by atoms with Crippen LogP contribution in [-0.2, 0) is 0 Å². The summed E-state index contributed by atoms with van der Waals surface area (Å²) < 4.78 is 7.46. The van der Waals surface area contributed by atoms with Crippen molar-refractivity contribution in [2.45, 2.75) is 38.1 Å². The molecule has 1 aromatic carbocycles. The highest BCUT2D eigenvalue weighted by atomic mass is 16.5. The zero-order valence-corrected chi connectivity index (χ0v) is 14.4. The largest absolute Gasteiger partial charge is 0.495 e. The molecule has 2 aromatic rings. The van der Waals surface area contributed by atoms with Crippen molar-refractivity contribution >= 4 is 17.9 Å². The Labute approximate surface area is 147 Å². The van der Waals surface area contributed by atoms with Crippen LogP contribution >= 0.6 is 0 Å². The van der Waals surface area contributed by atoms with Crippen LogP contribution in [0.1, 0.15) is 43.7 Å². The van der Waals surface area contributed by atoms with Gasteiger partial charge in [-0.3, -0.25) is 0 Å². The standard InChI is InChI=1S/C19H24N4O2/c1-25-18-10-6-5-9-17(18)21-19(24)22-20-13-15-11-12-23(14-15)16-7-3-2-4-8-16/h5-6,9-14,16H,2-4,7-8H2,1H3,(H2,21,22,24)/b20-13+. The highest BCUT2D eigenvalue weighted by Crippen LogP contribution is 2.28. The minimum Gasteiger partial charge on any atom is -0.495 e. The first-order valence-corrected chi connectivity index (χ1v) is 8.67. The van der Waals surface area contributed by atoms with Crippen molar-refractivity contribution in [1.29, 1.82) is 0 Å². The number of para-hydroxylation sites is 2. The maximum Gasteiger partial charge on any atom is 0.339 e. The molecular formula is C19H24N4O2. The number of nitrogens with one attached hydrogen (secondary N) is 2. The van der Waals surface area contributed by atoms with Crippen molar-refractivity contribution in [3.63, 3.8) is 0 Å². The van der Waals surface area contributed by atoms with E-state index in [1.54, 1.807) is 25.5 Å². The van der Waals surface area contributed by atoms with Crippen LogP contribution in [0.15, 0.2) is 47.8 Å². The van der Waals surface area contributed by atoms with E-state index in [4.69, 9.17) is 4.74 Å². The molecule has 132 valence electrons. The Balaban J connectivity index is 1.52. The minimum atomic E-state index is -0.410. The first-order valence-electron chi connectivity index (χ1n) is 8.67. The fourth-order valence-corrected chi connectivity index (χ4v) is 3.18. The van der Waals surface area contributed by atoms with Crippen LogP contribution in [0, 0.1) is 0 Å². The monoisotopic (exact) mass is 340 g/mol. The second-order valence-electron chi connectivity index (χ2n) is 6.21. The van der Waals surface area contributed by atoms with Gasteiger partial charge in [-0.1, -0.05) is 31.4 Å². The van der Waals surface area contributed by atoms with Gasteiger partial charge in [0.15, 0.2) is 0 Å². The van der Waals surface area contributed by atoms with E-state index in [-0.39, 0.29) is 0 Å². The predicted octanol–water partition coefficient (Wildman–Crippen LogP) is 4.16. The van der Waals surface area contributed by atoms with Gasteiger partial charge in [-0.15, -0.1) is 0 Å². The van der Waals surface area contributed by atoms with Crippen LogP contribution in [0.4, 0.5) is 10.5 Å². The summed E-state index contributed by atoms with van der Waals surface area (Å²) in [6.07, 6.45) is 12.3. The van der Waals surface area contributed by atoms with Crippen molar-refractivity contribution in [2.75, 3.05) is 12.4 Å². The molecular weight excluding hydrogens is 316 g/mol. The number of rotatable bonds is 5. The molecule has 1 aromatic heterocycles. The number of benzene rings is 1. The summed E-state index contributed by atoms with van der Waals surface area (Å²) in [6, 6.07) is 9.43. The first-order chi connectivity index (χ1) is 12.3. The van der Waals surface area contributed by atoms with Crippen molar-refractivity contribution in [3.8, 4) is 5.75 Å². The Bertz CT molecular complexity index is 733. The summed E-state index contributed by atoms with van der Waals surface area (Å²) in [6.45, 7) is 0. The lowest BCUT2D eigenvalue weighted by atomic mass is 9.95.